The summed E-state index contributed by atoms with van der Waals surface area (Å²) >= 11 is 0. The molecule has 0 spiro atoms. The third-order valence-corrected chi connectivity index (χ3v) is 3.66. The van der Waals surface area contributed by atoms with Gasteiger partial charge in [-0.05, 0) is 39.5 Å². The van der Waals surface area contributed by atoms with Gasteiger partial charge in [0.2, 0.25) is 5.91 Å². The van der Waals surface area contributed by atoms with Gasteiger partial charge in [0.15, 0.2) is 0 Å². The predicted octanol–water partition coefficient (Wildman–Crippen LogP) is 2.77. The molecule has 0 fully saturated rings. The van der Waals surface area contributed by atoms with Crippen LogP contribution in [0.1, 0.15) is 67.7 Å². The minimum Gasteiger partial charge on any atom is -0.351 e. The second-order valence-electron chi connectivity index (χ2n) is 7.45. The van der Waals surface area contributed by atoms with Crippen molar-refractivity contribution in [2.75, 3.05) is 13.1 Å². The molecule has 0 saturated carbocycles. The van der Waals surface area contributed by atoms with Crippen molar-refractivity contribution in [2.45, 2.75) is 85.4 Å². The number of nitrogens with one attached hydrogen (secondary N) is 1. The van der Waals surface area contributed by atoms with E-state index in [0.717, 1.165) is 19.4 Å². The van der Waals surface area contributed by atoms with E-state index in [-0.39, 0.29) is 17.5 Å². The molecule has 3 N–H and O–H groups in total. The van der Waals surface area contributed by atoms with Gasteiger partial charge in [-0.2, -0.15) is 0 Å². The molecular weight excluding hydrogens is 262 g/mol. The van der Waals surface area contributed by atoms with Crippen molar-refractivity contribution < 1.29 is 4.79 Å². The molecule has 4 heteroatoms. The van der Waals surface area contributed by atoms with Crippen LogP contribution in [0.25, 0.3) is 0 Å². The molecule has 0 aromatic carbocycles. The highest BCUT2D eigenvalue weighted by atomic mass is 16.1. The number of amides is 1. The minimum atomic E-state index is -0.186. The van der Waals surface area contributed by atoms with Crippen LogP contribution in [-0.2, 0) is 4.79 Å². The standard InChI is InChI=1S/C17H37N3O/c1-8-14(9-2)20(12-13(3)4)15(11-18)10-16(21)19-17(5,6)7/h13-15H,8-12,18H2,1-7H3,(H,19,21). The zero-order valence-electron chi connectivity index (χ0n) is 15.2. The van der Waals surface area contributed by atoms with Crippen molar-refractivity contribution in [1.82, 2.24) is 10.2 Å². The lowest BCUT2D eigenvalue weighted by atomic mass is 10.0. The first kappa shape index (κ1) is 20.4. The Labute approximate surface area is 131 Å². The Morgan fingerprint density at radius 1 is 1.14 bits per heavy atom. The van der Waals surface area contributed by atoms with E-state index < -0.39 is 0 Å². The summed E-state index contributed by atoms with van der Waals surface area (Å²) in [7, 11) is 0. The Kier molecular flexibility index (Phi) is 9.14. The van der Waals surface area contributed by atoms with E-state index in [1.54, 1.807) is 0 Å². The van der Waals surface area contributed by atoms with Crippen LogP contribution in [-0.4, -0.2) is 41.5 Å². The van der Waals surface area contributed by atoms with Gasteiger partial charge in [-0.15, -0.1) is 0 Å². The molecule has 126 valence electrons. The van der Waals surface area contributed by atoms with Gasteiger partial charge < -0.3 is 11.1 Å². The number of rotatable bonds is 9. The van der Waals surface area contributed by atoms with E-state index in [4.69, 9.17) is 5.73 Å². The molecule has 1 atom stereocenters. The van der Waals surface area contributed by atoms with Crippen molar-refractivity contribution in [3.63, 3.8) is 0 Å². The fourth-order valence-corrected chi connectivity index (χ4v) is 2.79. The zero-order valence-corrected chi connectivity index (χ0v) is 15.2. The van der Waals surface area contributed by atoms with Crippen LogP contribution in [0.3, 0.4) is 0 Å². The fraction of sp³-hybridized carbons (Fsp3) is 0.941. The quantitative estimate of drug-likeness (QED) is 0.688. The van der Waals surface area contributed by atoms with E-state index in [2.05, 4.69) is 37.9 Å². The molecule has 4 nitrogen and oxygen atoms in total. The van der Waals surface area contributed by atoms with Crippen molar-refractivity contribution >= 4 is 5.91 Å². The van der Waals surface area contributed by atoms with Crippen molar-refractivity contribution in [2.24, 2.45) is 11.7 Å². The monoisotopic (exact) mass is 299 g/mol. The maximum Gasteiger partial charge on any atom is 0.222 e. The largest absolute Gasteiger partial charge is 0.351 e. The SMILES string of the molecule is CCC(CC)N(CC(C)C)C(CN)CC(=O)NC(C)(C)C. The van der Waals surface area contributed by atoms with E-state index in [1.165, 1.54) is 0 Å². The van der Waals surface area contributed by atoms with Crippen LogP contribution >= 0.6 is 0 Å². The highest BCUT2D eigenvalue weighted by Crippen LogP contribution is 2.17. The van der Waals surface area contributed by atoms with Gasteiger partial charge in [0, 0.05) is 37.1 Å². The van der Waals surface area contributed by atoms with Gasteiger partial charge >= 0.3 is 0 Å². The third-order valence-electron chi connectivity index (χ3n) is 3.66. The van der Waals surface area contributed by atoms with Gasteiger partial charge in [-0.3, -0.25) is 9.69 Å². The molecule has 0 rings (SSSR count). The summed E-state index contributed by atoms with van der Waals surface area (Å²) in [6, 6.07) is 0.628. The molecule has 0 radical (unpaired) electrons. The van der Waals surface area contributed by atoms with Crippen LogP contribution < -0.4 is 11.1 Å². The van der Waals surface area contributed by atoms with Crippen LogP contribution in [0, 0.1) is 5.92 Å². The summed E-state index contributed by atoms with van der Waals surface area (Å²) in [5.41, 5.74) is 5.80. The van der Waals surface area contributed by atoms with Crippen molar-refractivity contribution in [3.05, 3.63) is 0 Å². The Hall–Kier alpha value is -0.610. The molecular formula is C17H37N3O. The number of nitrogens with two attached hydrogens (primary N) is 1. The molecule has 0 aliphatic carbocycles. The topological polar surface area (TPSA) is 58.4 Å². The highest BCUT2D eigenvalue weighted by Gasteiger charge is 2.27. The fourth-order valence-electron chi connectivity index (χ4n) is 2.79. The second kappa shape index (κ2) is 9.42. The van der Waals surface area contributed by atoms with Crippen LogP contribution in [0.5, 0.6) is 0 Å². The first-order valence-corrected chi connectivity index (χ1v) is 8.41. The lowest BCUT2D eigenvalue weighted by molar-refractivity contribution is -0.124. The van der Waals surface area contributed by atoms with E-state index in [9.17, 15) is 4.79 Å². The molecule has 0 aliphatic heterocycles. The first-order valence-electron chi connectivity index (χ1n) is 8.41. The average Bonchev–Trinajstić information content (AvgIpc) is 2.33. The summed E-state index contributed by atoms with van der Waals surface area (Å²) in [5, 5.41) is 3.05. The first-order chi connectivity index (χ1) is 9.64. The minimum absolute atomic E-state index is 0.0951. The van der Waals surface area contributed by atoms with Crippen LogP contribution in [0.2, 0.25) is 0 Å². The molecule has 0 aromatic rings. The number of nitrogens with zero attached hydrogens (tertiary/aromatic N) is 1. The Balaban J connectivity index is 4.92. The Bertz CT molecular complexity index is 293. The lowest BCUT2D eigenvalue weighted by Crippen LogP contribution is -2.51. The molecule has 1 unspecified atom stereocenters. The summed E-state index contributed by atoms with van der Waals surface area (Å²) in [5.74, 6) is 0.669. The van der Waals surface area contributed by atoms with Gasteiger partial charge in [0.1, 0.15) is 0 Å². The predicted molar refractivity (Wildman–Crippen MR) is 91.3 cm³/mol. The van der Waals surface area contributed by atoms with Gasteiger partial charge in [-0.1, -0.05) is 27.7 Å². The highest BCUT2D eigenvalue weighted by molar-refractivity contribution is 5.77. The zero-order chi connectivity index (χ0) is 16.6. The summed E-state index contributed by atoms with van der Waals surface area (Å²) < 4.78 is 0. The summed E-state index contributed by atoms with van der Waals surface area (Å²) in [6.07, 6.45) is 2.68. The van der Waals surface area contributed by atoms with Gasteiger partial charge in [0.25, 0.3) is 0 Å². The maximum atomic E-state index is 12.2. The van der Waals surface area contributed by atoms with Crippen LogP contribution in [0.15, 0.2) is 0 Å². The van der Waals surface area contributed by atoms with E-state index in [0.29, 0.717) is 24.9 Å². The number of carbonyl (C=O) groups excluding carboxylic acids is 1. The summed E-state index contributed by atoms with van der Waals surface area (Å²) in [6.45, 7) is 16.4. The van der Waals surface area contributed by atoms with Gasteiger partial charge in [-0.25, -0.2) is 0 Å². The second-order valence-corrected chi connectivity index (χ2v) is 7.45. The molecule has 1 amide bonds. The molecule has 0 aromatic heterocycles. The lowest BCUT2D eigenvalue weighted by Gasteiger charge is -2.38. The molecule has 0 bridgehead atoms. The third kappa shape index (κ3) is 8.42. The van der Waals surface area contributed by atoms with Crippen molar-refractivity contribution in [3.8, 4) is 0 Å². The maximum absolute atomic E-state index is 12.2. The van der Waals surface area contributed by atoms with E-state index in [1.807, 2.05) is 20.8 Å². The molecule has 0 saturated heterocycles. The molecule has 0 heterocycles. The van der Waals surface area contributed by atoms with Crippen molar-refractivity contribution in [1.29, 1.82) is 0 Å². The molecule has 21 heavy (non-hydrogen) atoms. The number of hydrogen-bond donors (Lipinski definition) is 2. The Morgan fingerprint density at radius 3 is 2.00 bits per heavy atom. The Morgan fingerprint density at radius 2 is 1.67 bits per heavy atom. The molecule has 0 aliphatic rings. The average molecular weight is 300 g/mol. The van der Waals surface area contributed by atoms with Crippen LogP contribution in [0.4, 0.5) is 0 Å². The number of carbonyl (C=O) groups is 1. The smallest absolute Gasteiger partial charge is 0.222 e. The number of hydrogen-bond acceptors (Lipinski definition) is 3. The van der Waals surface area contributed by atoms with E-state index >= 15 is 0 Å². The van der Waals surface area contributed by atoms with Gasteiger partial charge in [0.05, 0.1) is 0 Å². The summed E-state index contributed by atoms with van der Waals surface area (Å²) in [4.78, 5) is 14.7. The normalized spacial score (nSPS) is 14.0.